The minimum atomic E-state index is -0.525. The standard InChI is InChI=1S/C15H21N3OS/c1-12-2-5-18-13(10-17-14(18)8-12)9-16-11-15(19)3-6-20-7-4-15/h2,5,8,10,16,19H,3-4,6-7,9,11H2,1H3. The van der Waals surface area contributed by atoms with Crippen LogP contribution in [0.25, 0.3) is 5.65 Å². The number of hydrogen-bond acceptors (Lipinski definition) is 4. The second kappa shape index (κ2) is 5.76. The van der Waals surface area contributed by atoms with Gasteiger partial charge >= 0.3 is 0 Å². The first-order chi connectivity index (χ1) is 9.66. The number of aryl methyl sites for hydroxylation is 1. The van der Waals surface area contributed by atoms with Gasteiger partial charge in [0.05, 0.1) is 17.5 Å². The van der Waals surface area contributed by atoms with Crippen molar-refractivity contribution in [2.75, 3.05) is 18.1 Å². The second-order valence-electron chi connectivity index (χ2n) is 5.62. The molecule has 0 atom stereocenters. The summed E-state index contributed by atoms with van der Waals surface area (Å²) in [6.45, 7) is 3.47. The lowest BCUT2D eigenvalue weighted by molar-refractivity contribution is 0.0319. The molecule has 1 saturated heterocycles. The maximum absolute atomic E-state index is 10.5. The molecule has 0 radical (unpaired) electrons. The molecule has 1 aliphatic heterocycles. The van der Waals surface area contributed by atoms with Crippen molar-refractivity contribution in [2.45, 2.75) is 31.9 Å². The largest absolute Gasteiger partial charge is 0.389 e. The minimum Gasteiger partial charge on any atom is -0.389 e. The highest BCUT2D eigenvalue weighted by Crippen LogP contribution is 2.26. The number of thioether (sulfide) groups is 1. The molecule has 2 aromatic heterocycles. The van der Waals surface area contributed by atoms with Gasteiger partial charge in [-0.25, -0.2) is 4.98 Å². The van der Waals surface area contributed by atoms with Gasteiger partial charge in [0, 0.05) is 19.3 Å². The first-order valence-electron chi connectivity index (χ1n) is 7.10. The van der Waals surface area contributed by atoms with Crippen molar-refractivity contribution in [2.24, 2.45) is 0 Å². The lowest BCUT2D eigenvalue weighted by Crippen LogP contribution is -2.43. The highest BCUT2D eigenvalue weighted by molar-refractivity contribution is 7.99. The van der Waals surface area contributed by atoms with E-state index in [9.17, 15) is 5.11 Å². The van der Waals surface area contributed by atoms with Crippen LogP contribution in [0.5, 0.6) is 0 Å². The Bertz CT molecular complexity index is 590. The Kier molecular flexibility index (Phi) is 4.01. The first-order valence-corrected chi connectivity index (χ1v) is 8.25. The van der Waals surface area contributed by atoms with Crippen molar-refractivity contribution in [3.8, 4) is 0 Å². The Morgan fingerprint density at radius 3 is 3.05 bits per heavy atom. The van der Waals surface area contributed by atoms with Crippen LogP contribution in [0.1, 0.15) is 24.1 Å². The summed E-state index contributed by atoms with van der Waals surface area (Å²) in [4.78, 5) is 4.42. The molecule has 3 heterocycles. The van der Waals surface area contributed by atoms with Crippen LogP contribution < -0.4 is 5.32 Å². The Morgan fingerprint density at radius 2 is 2.25 bits per heavy atom. The minimum absolute atomic E-state index is 0.525. The molecule has 20 heavy (non-hydrogen) atoms. The average Bonchev–Trinajstić information content (AvgIpc) is 2.82. The maximum Gasteiger partial charge on any atom is 0.137 e. The van der Waals surface area contributed by atoms with Gasteiger partial charge in [-0.15, -0.1) is 0 Å². The predicted molar refractivity (Wildman–Crippen MR) is 83.1 cm³/mol. The zero-order valence-electron chi connectivity index (χ0n) is 11.8. The second-order valence-corrected chi connectivity index (χ2v) is 6.85. The van der Waals surface area contributed by atoms with Gasteiger partial charge in [-0.1, -0.05) is 0 Å². The molecule has 0 aliphatic carbocycles. The predicted octanol–water partition coefficient (Wildman–Crippen LogP) is 1.99. The molecule has 0 saturated carbocycles. The summed E-state index contributed by atoms with van der Waals surface area (Å²) < 4.78 is 2.10. The molecule has 0 bridgehead atoms. The molecule has 2 aromatic rings. The Hall–Kier alpha value is -1.04. The third-order valence-electron chi connectivity index (χ3n) is 3.93. The summed E-state index contributed by atoms with van der Waals surface area (Å²) in [5, 5.41) is 13.8. The normalized spacial score (nSPS) is 18.5. The highest BCUT2D eigenvalue weighted by atomic mass is 32.2. The van der Waals surface area contributed by atoms with E-state index in [2.05, 4.69) is 40.0 Å². The number of fused-ring (bicyclic) bond motifs is 1. The number of aromatic nitrogens is 2. The van der Waals surface area contributed by atoms with Gasteiger partial charge in [-0.05, 0) is 49.0 Å². The average molecular weight is 291 g/mol. The molecule has 4 nitrogen and oxygen atoms in total. The fourth-order valence-electron chi connectivity index (χ4n) is 2.62. The SMILES string of the molecule is Cc1ccn2c(CNCC3(O)CCSCC3)cnc2c1. The third-order valence-corrected chi connectivity index (χ3v) is 4.91. The molecule has 5 heteroatoms. The van der Waals surface area contributed by atoms with E-state index in [0.29, 0.717) is 6.54 Å². The Labute approximate surface area is 123 Å². The number of hydrogen-bond donors (Lipinski definition) is 2. The Morgan fingerprint density at radius 1 is 1.45 bits per heavy atom. The van der Waals surface area contributed by atoms with E-state index in [-0.39, 0.29) is 0 Å². The monoisotopic (exact) mass is 291 g/mol. The molecule has 0 aromatic carbocycles. The fourth-order valence-corrected chi connectivity index (χ4v) is 3.87. The summed E-state index contributed by atoms with van der Waals surface area (Å²) in [7, 11) is 0. The molecule has 0 amide bonds. The fraction of sp³-hybridized carbons (Fsp3) is 0.533. The topological polar surface area (TPSA) is 49.6 Å². The van der Waals surface area contributed by atoms with Gasteiger partial charge in [-0.2, -0.15) is 11.8 Å². The van der Waals surface area contributed by atoms with Crippen molar-refractivity contribution < 1.29 is 5.11 Å². The lowest BCUT2D eigenvalue weighted by Gasteiger charge is -2.31. The van der Waals surface area contributed by atoms with Crippen LogP contribution >= 0.6 is 11.8 Å². The van der Waals surface area contributed by atoms with Gasteiger partial charge in [0.2, 0.25) is 0 Å². The number of nitrogens with one attached hydrogen (secondary N) is 1. The van der Waals surface area contributed by atoms with Crippen LogP contribution in [0.2, 0.25) is 0 Å². The van der Waals surface area contributed by atoms with Crippen molar-refractivity contribution in [3.05, 3.63) is 35.8 Å². The van der Waals surface area contributed by atoms with E-state index in [4.69, 9.17) is 0 Å². The van der Waals surface area contributed by atoms with Crippen LogP contribution in [-0.2, 0) is 6.54 Å². The first kappa shape index (κ1) is 13.9. The summed E-state index contributed by atoms with van der Waals surface area (Å²) >= 11 is 1.93. The number of imidazole rings is 1. The number of nitrogens with zero attached hydrogens (tertiary/aromatic N) is 2. The summed E-state index contributed by atoms with van der Waals surface area (Å²) in [6, 6.07) is 4.17. The highest BCUT2D eigenvalue weighted by Gasteiger charge is 2.28. The quantitative estimate of drug-likeness (QED) is 0.904. The molecule has 1 fully saturated rings. The molecular formula is C15H21N3OS. The zero-order chi connectivity index (χ0) is 14.0. The van der Waals surface area contributed by atoms with Gasteiger partial charge < -0.3 is 14.8 Å². The van der Waals surface area contributed by atoms with E-state index in [0.717, 1.165) is 42.2 Å². The van der Waals surface area contributed by atoms with Crippen molar-refractivity contribution in [3.63, 3.8) is 0 Å². The Balaban J connectivity index is 1.62. The van der Waals surface area contributed by atoms with Crippen LogP contribution in [0, 0.1) is 6.92 Å². The van der Waals surface area contributed by atoms with Crippen LogP contribution in [0.4, 0.5) is 0 Å². The molecule has 3 rings (SSSR count). The lowest BCUT2D eigenvalue weighted by atomic mass is 9.97. The van der Waals surface area contributed by atoms with E-state index in [1.165, 1.54) is 5.56 Å². The summed E-state index contributed by atoms with van der Waals surface area (Å²) in [5.41, 5.74) is 2.81. The molecule has 108 valence electrons. The molecule has 0 spiro atoms. The van der Waals surface area contributed by atoms with Crippen LogP contribution in [0.15, 0.2) is 24.5 Å². The molecule has 1 aliphatic rings. The smallest absolute Gasteiger partial charge is 0.137 e. The zero-order valence-corrected chi connectivity index (χ0v) is 12.6. The number of aliphatic hydroxyl groups is 1. The summed E-state index contributed by atoms with van der Waals surface area (Å²) in [6.07, 6.45) is 5.73. The van der Waals surface area contributed by atoms with Gasteiger partial charge in [-0.3, -0.25) is 0 Å². The molecule has 0 unspecified atom stereocenters. The van der Waals surface area contributed by atoms with Crippen LogP contribution in [0.3, 0.4) is 0 Å². The van der Waals surface area contributed by atoms with Crippen LogP contribution in [-0.4, -0.2) is 38.1 Å². The van der Waals surface area contributed by atoms with E-state index in [1.807, 2.05) is 18.0 Å². The van der Waals surface area contributed by atoms with Crippen molar-refractivity contribution >= 4 is 17.4 Å². The van der Waals surface area contributed by atoms with Gasteiger partial charge in [0.1, 0.15) is 5.65 Å². The number of pyridine rings is 1. The molecular weight excluding hydrogens is 270 g/mol. The van der Waals surface area contributed by atoms with E-state index < -0.39 is 5.60 Å². The van der Waals surface area contributed by atoms with Crippen molar-refractivity contribution in [1.82, 2.24) is 14.7 Å². The van der Waals surface area contributed by atoms with Crippen molar-refractivity contribution in [1.29, 1.82) is 0 Å². The molecule has 2 N–H and O–H groups in total. The van der Waals surface area contributed by atoms with E-state index >= 15 is 0 Å². The third kappa shape index (κ3) is 3.00. The van der Waals surface area contributed by atoms with Gasteiger partial charge in [0.25, 0.3) is 0 Å². The maximum atomic E-state index is 10.5. The summed E-state index contributed by atoms with van der Waals surface area (Å²) in [5.74, 6) is 2.13. The number of rotatable bonds is 4. The van der Waals surface area contributed by atoms with E-state index in [1.54, 1.807) is 0 Å². The van der Waals surface area contributed by atoms with Gasteiger partial charge in [0.15, 0.2) is 0 Å².